The lowest BCUT2D eigenvalue weighted by atomic mass is 9.99. The molecular weight excluding hydrogens is 613 g/mol. The maximum Gasteiger partial charge on any atom is 0.164 e. The van der Waals surface area contributed by atoms with Gasteiger partial charge in [0.1, 0.15) is 11.2 Å². The molecule has 50 heavy (non-hydrogen) atoms. The molecule has 3 aromatic heterocycles. The molecule has 0 saturated heterocycles. The van der Waals surface area contributed by atoms with E-state index in [1.165, 1.54) is 0 Å². The van der Waals surface area contributed by atoms with E-state index in [2.05, 4.69) is 0 Å². The van der Waals surface area contributed by atoms with Crippen molar-refractivity contribution in [1.82, 2.24) is 19.5 Å². The van der Waals surface area contributed by atoms with E-state index in [1.54, 1.807) is 22.8 Å². The maximum absolute atomic E-state index is 9.07. The van der Waals surface area contributed by atoms with Gasteiger partial charge in [0.2, 0.25) is 0 Å². The van der Waals surface area contributed by atoms with Gasteiger partial charge in [-0.3, -0.25) is 0 Å². The Labute approximate surface area is 300 Å². The van der Waals surface area contributed by atoms with E-state index in [9.17, 15) is 0 Å². The molecule has 0 amide bonds. The van der Waals surface area contributed by atoms with Crippen LogP contribution in [0, 0.1) is 0 Å². The second-order valence-corrected chi connectivity index (χ2v) is 11.8. The summed E-state index contributed by atoms with van der Waals surface area (Å²) in [7, 11) is 0. The molecular formula is C45H28N4O. The Bertz CT molecular complexity index is 3350. The molecule has 0 N–H and O–H groups in total. The average Bonchev–Trinajstić information content (AvgIpc) is 3.83. The Morgan fingerprint density at radius 3 is 1.94 bits per heavy atom. The third kappa shape index (κ3) is 4.60. The van der Waals surface area contributed by atoms with Crippen LogP contribution in [0.25, 0.3) is 94.7 Å². The van der Waals surface area contributed by atoms with Crippen LogP contribution < -0.4 is 0 Å². The van der Waals surface area contributed by atoms with Crippen LogP contribution in [0.1, 0.15) is 12.3 Å². The average molecular weight is 650 g/mol. The van der Waals surface area contributed by atoms with Crippen molar-refractivity contribution in [3.05, 3.63) is 170 Å². The third-order valence-corrected chi connectivity index (χ3v) is 8.88. The standard InChI is InChI=1S/C45H28N4O/c1-3-12-29(13-4-1)34-18-11-20-39-42(34)36-17-7-9-19-38(36)49(39)33-25-22-31(23-26-33)44-46-43(30-14-5-2-6-15-30)47-45(48-44)32-24-27-41-37(28-32)35-16-8-10-21-40(35)50-41/h1-28H/i1D,3D,4D,7D,9D,12D,13D,17D,19D. The molecule has 0 aliphatic heterocycles. The summed E-state index contributed by atoms with van der Waals surface area (Å²) in [6.07, 6.45) is 0. The quantitative estimate of drug-likeness (QED) is 0.186. The van der Waals surface area contributed by atoms with Gasteiger partial charge in [-0.05, 0) is 71.8 Å². The van der Waals surface area contributed by atoms with Gasteiger partial charge in [0, 0.05) is 43.9 Å². The van der Waals surface area contributed by atoms with Crippen molar-refractivity contribution in [2.45, 2.75) is 0 Å². The number of aromatic nitrogens is 4. The van der Waals surface area contributed by atoms with Crippen LogP contribution >= 0.6 is 0 Å². The fourth-order valence-corrected chi connectivity index (χ4v) is 6.60. The van der Waals surface area contributed by atoms with E-state index in [4.69, 9.17) is 31.7 Å². The first-order valence-corrected chi connectivity index (χ1v) is 16.0. The van der Waals surface area contributed by atoms with E-state index in [-0.39, 0.29) is 34.1 Å². The first kappa shape index (κ1) is 20.5. The minimum absolute atomic E-state index is 0.0663. The lowest BCUT2D eigenvalue weighted by molar-refractivity contribution is 0.669. The van der Waals surface area contributed by atoms with Crippen molar-refractivity contribution in [2.24, 2.45) is 0 Å². The molecule has 0 fully saturated rings. The fourth-order valence-electron chi connectivity index (χ4n) is 6.60. The summed E-state index contributed by atoms with van der Waals surface area (Å²) in [5.41, 5.74) is 5.13. The Morgan fingerprint density at radius 1 is 0.460 bits per heavy atom. The van der Waals surface area contributed by atoms with Gasteiger partial charge < -0.3 is 8.98 Å². The summed E-state index contributed by atoms with van der Waals surface area (Å²) in [6.45, 7) is 0. The van der Waals surface area contributed by atoms with E-state index >= 15 is 0 Å². The van der Waals surface area contributed by atoms with E-state index in [0.717, 1.165) is 33.1 Å². The molecule has 234 valence electrons. The van der Waals surface area contributed by atoms with Gasteiger partial charge in [0.15, 0.2) is 17.5 Å². The van der Waals surface area contributed by atoms with Crippen LogP contribution in [0.4, 0.5) is 0 Å². The van der Waals surface area contributed by atoms with E-state index in [0.29, 0.717) is 39.6 Å². The van der Waals surface area contributed by atoms with Gasteiger partial charge >= 0.3 is 0 Å². The molecule has 0 bridgehead atoms. The van der Waals surface area contributed by atoms with Crippen molar-refractivity contribution in [3.8, 4) is 51.0 Å². The van der Waals surface area contributed by atoms with E-state index < -0.39 is 42.3 Å². The minimum atomic E-state index is -0.533. The first-order chi connectivity index (χ1) is 28.5. The Balaban J connectivity index is 1.17. The summed E-state index contributed by atoms with van der Waals surface area (Å²) >= 11 is 0. The summed E-state index contributed by atoms with van der Waals surface area (Å²) in [5, 5.41) is 2.40. The summed E-state index contributed by atoms with van der Waals surface area (Å²) in [6, 6.07) is 31.8. The van der Waals surface area contributed by atoms with Crippen LogP contribution in [-0.2, 0) is 0 Å². The molecule has 0 saturated carbocycles. The van der Waals surface area contributed by atoms with Crippen molar-refractivity contribution in [3.63, 3.8) is 0 Å². The number of furan rings is 1. The molecule has 0 atom stereocenters. The minimum Gasteiger partial charge on any atom is -0.456 e. The van der Waals surface area contributed by atoms with Gasteiger partial charge in [-0.2, -0.15) is 0 Å². The summed E-state index contributed by atoms with van der Waals surface area (Å²) in [5.74, 6) is 1.35. The lowest BCUT2D eigenvalue weighted by Crippen LogP contribution is -2.00. The molecule has 3 heterocycles. The Hall–Kier alpha value is -6.85. The molecule has 7 aromatic carbocycles. The van der Waals surface area contributed by atoms with Gasteiger partial charge in [0.25, 0.3) is 0 Å². The number of hydrogen-bond donors (Lipinski definition) is 0. The largest absolute Gasteiger partial charge is 0.456 e. The zero-order chi connectivity index (χ0) is 40.9. The fraction of sp³-hybridized carbons (Fsp3) is 0. The Kier molecular flexibility index (Phi) is 4.67. The molecule has 0 unspecified atom stereocenters. The van der Waals surface area contributed by atoms with E-state index in [1.807, 2.05) is 97.1 Å². The maximum atomic E-state index is 9.07. The predicted octanol–water partition coefficient (Wildman–Crippen LogP) is 11.5. The van der Waals surface area contributed by atoms with Crippen LogP contribution in [0.5, 0.6) is 0 Å². The molecule has 10 aromatic rings. The highest BCUT2D eigenvalue weighted by atomic mass is 16.3. The van der Waals surface area contributed by atoms with Gasteiger partial charge in [-0.15, -0.1) is 0 Å². The SMILES string of the molecule is [2H]c1c([2H])c([2H])c(-c2cccc3c2c2c([2H])c([2H])c([2H])c([2H])c2n3-c2ccc(-c3nc(-c4ccccc4)nc(-c4ccc5oc6ccccc6c5c4)n3)cc2)c([2H])c1[2H]. The van der Waals surface area contributed by atoms with Gasteiger partial charge in [-0.25, -0.2) is 15.0 Å². The zero-order valence-electron chi connectivity index (χ0n) is 35.2. The molecule has 0 aliphatic rings. The van der Waals surface area contributed by atoms with Crippen molar-refractivity contribution in [1.29, 1.82) is 0 Å². The van der Waals surface area contributed by atoms with Crippen molar-refractivity contribution < 1.29 is 16.8 Å². The normalized spacial score (nSPS) is 14.1. The first-order valence-electron chi connectivity index (χ1n) is 20.5. The number of fused-ring (bicyclic) bond motifs is 6. The lowest BCUT2D eigenvalue weighted by Gasteiger charge is -2.11. The summed E-state index contributed by atoms with van der Waals surface area (Å²) in [4.78, 5) is 14.8. The van der Waals surface area contributed by atoms with Crippen molar-refractivity contribution >= 4 is 43.7 Å². The second-order valence-electron chi connectivity index (χ2n) is 11.8. The smallest absolute Gasteiger partial charge is 0.164 e. The molecule has 0 aliphatic carbocycles. The van der Waals surface area contributed by atoms with Gasteiger partial charge in [-0.1, -0.05) is 109 Å². The predicted molar refractivity (Wildman–Crippen MR) is 203 cm³/mol. The van der Waals surface area contributed by atoms with Crippen LogP contribution in [0.15, 0.2) is 174 Å². The number of benzene rings is 7. The molecule has 5 nitrogen and oxygen atoms in total. The highest BCUT2D eigenvalue weighted by Gasteiger charge is 2.18. The van der Waals surface area contributed by atoms with Crippen molar-refractivity contribution in [2.75, 3.05) is 0 Å². The second kappa shape index (κ2) is 11.4. The summed E-state index contributed by atoms with van der Waals surface area (Å²) < 4.78 is 85.4. The van der Waals surface area contributed by atoms with Crippen LogP contribution in [-0.4, -0.2) is 19.5 Å². The number of rotatable bonds is 5. The van der Waals surface area contributed by atoms with Gasteiger partial charge in [0.05, 0.1) is 23.4 Å². The molecule has 10 rings (SSSR count). The number of para-hydroxylation sites is 2. The topological polar surface area (TPSA) is 56.7 Å². The zero-order valence-corrected chi connectivity index (χ0v) is 26.2. The highest BCUT2D eigenvalue weighted by molar-refractivity contribution is 6.15. The number of hydrogen-bond acceptors (Lipinski definition) is 4. The molecule has 5 heteroatoms. The van der Waals surface area contributed by atoms with Crippen LogP contribution in [0.2, 0.25) is 0 Å². The number of nitrogens with zero attached hydrogens (tertiary/aromatic N) is 4. The highest BCUT2D eigenvalue weighted by Crippen LogP contribution is 2.39. The Morgan fingerprint density at radius 2 is 1.12 bits per heavy atom. The molecule has 0 spiro atoms. The monoisotopic (exact) mass is 649 g/mol. The third-order valence-electron chi connectivity index (χ3n) is 8.88. The molecule has 0 radical (unpaired) electrons. The van der Waals surface area contributed by atoms with Crippen LogP contribution in [0.3, 0.4) is 0 Å².